The molecule has 0 bridgehead atoms. The van der Waals surface area contributed by atoms with Crippen LogP contribution in [0.2, 0.25) is 0 Å². The van der Waals surface area contributed by atoms with Crippen molar-refractivity contribution in [2.24, 2.45) is 0 Å². The number of fused-ring (bicyclic) bond motifs is 2. The Balaban J connectivity index is 0.00000432. The second-order valence-corrected chi connectivity index (χ2v) is 27.1. The summed E-state index contributed by atoms with van der Waals surface area (Å²) in [6, 6.07) is 0. The molecule has 0 aliphatic carbocycles. The Labute approximate surface area is 507 Å². The third kappa shape index (κ3) is 18.0. The Morgan fingerprint density at radius 1 is 0.732 bits per heavy atom. The number of hydrogen-bond acceptors (Lipinski definition) is 24. The van der Waals surface area contributed by atoms with Crippen molar-refractivity contribution < 1.29 is 221 Å². The molecule has 2 aliphatic heterocycles. The number of nitrogens with zero attached hydrogens (tertiary/aromatic N) is 8. The van der Waals surface area contributed by atoms with E-state index in [1.165, 1.54) is 0 Å². The van der Waals surface area contributed by atoms with Gasteiger partial charge in [-0.3, -0.25) is 22.8 Å². The van der Waals surface area contributed by atoms with Crippen molar-refractivity contribution >= 4 is 122 Å². The van der Waals surface area contributed by atoms with Crippen LogP contribution >= 0.6 is 76.1 Å². The van der Waals surface area contributed by atoms with Crippen LogP contribution in [-0.4, -0.2) is 153 Å². The smallest absolute Gasteiger partial charge is 0.387 e. The number of rotatable bonds is 19. The summed E-state index contributed by atoms with van der Waals surface area (Å²) in [4.78, 5) is 52.1. The summed E-state index contributed by atoms with van der Waals surface area (Å²) in [7, 11) is -11.8. The number of aromatic nitrogens is 8. The van der Waals surface area contributed by atoms with E-state index in [1.54, 1.807) is 0 Å². The number of ether oxygens (including phenoxy) is 2. The zero-order valence-electron chi connectivity index (χ0n) is 36.5. The van der Waals surface area contributed by atoms with E-state index in [0.717, 1.165) is 21.8 Å². The summed E-state index contributed by atoms with van der Waals surface area (Å²) in [6.07, 6.45) is -22.1. The maximum absolute atomic E-state index is 13.1. The van der Waals surface area contributed by atoms with E-state index >= 15 is 0 Å². The van der Waals surface area contributed by atoms with Gasteiger partial charge in [0.15, 0.2) is 45.7 Å². The zero-order valence-corrected chi connectivity index (χ0v) is 52.2. The minimum atomic E-state index is -5.91. The molecule has 6 rings (SSSR count). The molecule has 0 amide bonds. The number of halogens is 7. The van der Waals surface area contributed by atoms with Gasteiger partial charge in [-0.15, -0.1) is 0 Å². The van der Waals surface area contributed by atoms with Gasteiger partial charge in [0.05, 0.1) is 38.0 Å². The molecule has 11 N–H and O–H groups in total. The first kappa shape index (κ1) is 69.5. The quantitative estimate of drug-likeness (QED) is 0.00793. The molecule has 0 radical (unpaired) electrons. The number of alkyl halides is 7. The molecule has 2 fully saturated rings. The number of nitrogen functional groups attached to an aromatic ring is 2. The average molecular weight is 1240 g/mol. The first-order valence-electron chi connectivity index (χ1n) is 17.9. The van der Waals surface area contributed by atoms with Crippen molar-refractivity contribution in [1.82, 2.24) is 39.0 Å². The van der Waals surface area contributed by atoms with Gasteiger partial charge in [0.2, 0.25) is 4.86 Å². The molecule has 2 saturated heterocycles. The van der Waals surface area contributed by atoms with Gasteiger partial charge in [-0.25, -0.2) is 43.1 Å². The molecule has 4 aromatic rings. The van der Waals surface area contributed by atoms with Crippen molar-refractivity contribution in [2.45, 2.75) is 83.0 Å². The van der Waals surface area contributed by atoms with Gasteiger partial charge in [0.1, 0.15) is 47.7 Å². The number of imidazole rings is 2. The third-order valence-electron chi connectivity index (χ3n) is 8.84. The molecule has 376 valence electrons. The molecule has 13 atom stereocenters. The van der Waals surface area contributed by atoms with E-state index < -0.39 is 131 Å². The second kappa shape index (κ2) is 27.3. The summed E-state index contributed by atoms with van der Waals surface area (Å²) in [6.45, 7) is -12.3. The van der Waals surface area contributed by atoms with Gasteiger partial charge in [0, 0.05) is 5.75 Å². The molecule has 71 heavy (non-hydrogen) atoms. The molecule has 6 heterocycles. The molecule has 0 aromatic carbocycles. The molecule has 4 aromatic heterocycles. The Bertz CT molecular complexity index is 2690. The number of thioether (sulfide) groups is 2. The van der Waals surface area contributed by atoms with Crippen LogP contribution in [0.1, 0.15) is 18.9 Å². The van der Waals surface area contributed by atoms with Crippen LogP contribution < -0.4 is 130 Å². The molecule has 0 spiro atoms. The van der Waals surface area contributed by atoms with Gasteiger partial charge in [-0.1, -0.05) is 47.4 Å². The second-order valence-electron chi connectivity index (χ2n) is 13.8. The van der Waals surface area contributed by atoms with E-state index in [1.807, 2.05) is 0 Å². The molecular formula is C26H33ClF6N10Na4O16P4S4+4. The number of nitrogens with two attached hydrogens (primary N) is 2. The Kier molecular flexibility index (Phi) is 26.7. The predicted molar refractivity (Wildman–Crippen MR) is 226 cm³/mol. The summed E-state index contributed by atoms with van der Waals surface area (Å²) < 4.78 is 148. The van der Waals surface area contributed by atoms with Crippen molar-refractivity contribution in [3.05, 3.63) is 12.7 Å². The topological polar surface area (TPSA) is 387 Å². The van der Waals surface area contributed by atoms with Gasteiger partial charge >= 0.3 is 159 Å². The third-order valence-corrected chi connectivity index (χ3v) is 21.3. The fraction of sp³-hybridized carbons (Fsp3) is 0.615. The van der Waals surface area contributed by atoms with E-state index in [4.69, 9.17) is 53.4 Å². The molecule has 45 heteroatoms. The monoisotopic (exact) mass is 1230 g/mol. The zero-order chi connectivity index (χ0) is 49.8. The maximum atomic E-state index is 13.1. The minimum absolute atomic E-state index is 0. The Morgan fingerprint density at radius 3 is 1.59 bits per heavy atom. The van der Waals surface area contributed by atoms with Crippen LogP contribution in [0.25, 0.3) is 22.3 Å². The van der Waals surface area contributed by atoms with Crippen LogP contribution in [-0.2, 0) is 52.6 Å². The predicted octanol–water partition coefficient (Wildman–Crippen LogP) is -9.00. The number of aliphatic hydroxyl groups is 4. The fourth-order valence-electron chi connectivity index (χ4n) is 5.87. The normalized spacial score (nSPS) is 26.5. The van der Waals surface area contributed by atoms with Gasteiger partial charge in [-0.05, 0) is 11.8 Å². The van der Waals surface area contributed by atoms with E-state index in [-0.39, 0.29) is 169 Å². The molecular weight excluding hydrogens is 1200 g/mol. The Hall–Kier alpha value is 2.44. The van der Waals surface area contributed by atoms with Gasteiger partial charge in [-0.2, -0.15) is 26.3 Å². The van der Waals surface area contributed by atoms with Crippen LogP contribution in [0, 0.1) is 0 Å². The minimum Gasteiger partial charge on any atom is -0.387 e. The number of anilines is 2. The largest absolute Gasteiger partial charge is 1.00 e. The summed E-state index contributed by atoms with van der Waals surface area (Å²) in [5, 5.41) is 42.2. The van der Waals surface area contributed by atoms with Gasteiger partial charge < -0.3 is 60.6 Å². The first-order chi connectivity index (χ1) is 30.8. The first-order valence-corrected chi connectivity index (χ1v) is 28.9. The fourth-order valence-corrected chi connectivity index (χ4v) is 16.4. The summed E-state index contributed by atoms with van der Waals surface area (Å²) >= 11 is 14.8. The average Bonchev–Trinajstić information content (AvgIpc) is 3.95. The van der Waals surface area contributed by atoms with Crippen molar-refractivity contribution in [3.63, 3.8) is 0 Å². The van der Waals surface area contributed by atoms with Crippen molar-refractivity contribution in [2.75, 3.05) is 36.2 Å². The van der Waals surface area contributed by atoms with Crippen LogP contribution in [0.4, 0.5) is 38.0 Å². The summed E-state index contributed by atoms with van der Waals surface area (Å²) in [5.41, 5.74) is 11.1. The van der Waals surface area contributed by atoms with Crippen LogP contribution in [0.15, 0.2) is 23.0 Å². The SMILES string of the molecule is Nc1nc(SCCC(F)(F)F)nc2c1ncn2[C@@H]1O[C@H](COP(=O)(S)OP(=O)(O)C(Cl)P(=O)(O)OP(O)(=S)OC[C@H]2O[C@@H](n3cnc4c(N)nc(SCC(F)(F)F)nc43)[C@H](O)[C@@H]2O)[C@@H](O)[C@H]1O.[Na+].[Na+].[Na+].[Na+]. The van der Waals surface area contributed by atoms with E-state index in [9.17, 15) is 75.1 Å². The summed E-state index contributed by atoms with van der Waals surface area (Å²) in [5.74, 6) is -2.45. The standard InChI is InChI=1S/C26H33ClF6N10O16P4S4.4Na/c27-22(61(50,51)59-63(53,65)55-4-9-13(45)15(47)21(57-9)43-7-37-11-17(35)39-24(41-19(11)43)67-5-26(31,32)33)60(48,49)58-62(52,64)54-3-8-12(44)14(46)20(56-8)42-6-36-10-16(34)38-23(40-18(10)42)66-2-1-25(28,29)30;;;;/h6-9,12-15,20-22,44-47H,1-5H2,(H,48,49)(H,50,51)(H,52,64)(H,53,65)(H2,34,38,40)(H2,35,39,41);;;;/q;4*+1/t8-,9-,12-,13-,14-,15-,20-,21-,22?,62?,63?;;;;/m1..../s1. The van der Waals surface area contributed by atoms with E-state index in [2.05, 4.69) is 50.8 Å². The van der Waals surface area contributed by atoms with Crippen molar-refractivity contribution in [1.29, 1.82) is 0 Å². The van der Waals surface area contributed by atoms with Crippen molar-refractivity contribution in [3.8, 4) is 0 Å². The molecule has 26 nitrogen and oxygen atoms in total. The molecule has 2 aliphatic rings. The molecule has 0 saturated carbocycles. The van der Waals surface area contributed by atoms with Crippen LogP contribution in [0.5, 0.6) is 0 Å². The molecule has 5 unspecified atom stereocenters. The number of aliphatic hydroxyl groups excluding tert-OH is 4. The van der Waals surface area contributed by atoms with Crippen LogP contribution in [0.3, 0.4) is 0 Å². The van der Waals surface area contributed by atoms with E-state index in [0.29, 0.717) is 11.8 Å². The Morgan fingerprint density at radius 2 is 1.15 bits per heavy atom. The number of thiol groups is 1. The number of hydrogen-bond donors (Lipinski definition) is 10. The van der Waals surface area contributed by atoms with Gasteiger partial charge in [0.25, 0.3) is 0 Å². The maximum Gasteiger partial charge on any atom is 1.00 e.